The largest absolute Gasteiger partial charge is 0.481 e. The molecule has 2 unspecified atom stereocenters. The highest BCUT2D eigenvalue weighted by Gasteiger charge is 2.42. The van der Waals surface area contributed by atoms with Crippen LogP contribution in [0.25, 0.3) is 0 Å². The highest BCUT2D eigenvalue weighted by atomic mass is 16.4. The Morgan fingerprint density at radius 3 is 2.23 bits per heavy atom. The molecule has 2 aliphatic rings. The fraction of sp³-hybridized carbons (Fsp3) is 0.900. The molecule has 2 bridgehead atoms. The van der Waals surface area contributed by atoms with E-state index in [4.69, 9.17) is 5.11 Å². The fourth-order valence-electron chi connectivity index (χ4n) is 3.16. The molecule has 3 heteroatoms. The molecule has 3 nitrogen and oxygen atoms in total. The second-order valence-electron chi connectivity index (χ2n) is 4.48. The van der Waals surface area contributed by atoms with Gasteiger partial charge in [-0.1, -0.05) is 0 Å². The lowest BCUT2D eigenvalue weighted by molar-refractivity contribution is -0.139. The predicted molar refractivity (Wildman–Crippen MR) is 47.2 cm³/mol. The minimum Gasteiger partial charge on any atom is -0.481 e. The summed E-state index contributed by atoms with van der Waals surface area (Å²) in [5.74, 6) is 0.619. The van der Waals surface area contributed by atoms with E-state index < -0.39 is 5.97 Å². The lowest BCUT2D eigenvalue weighted by Gasteiger charge is -2.31. The van der Waals surface area contributed by atoms with Crippen molar-refractivity contribution in [3.63, 3.8) is 0 Å². The lowest BCUT2D eigenvalue weighted by Crippen LogP contribution is -2.30. The zero-order chi connectivity index (χ0) is 9.42. The van der Waals surface area contributed by atoms with Crippen molar-refractivity contribution in [2.24, 2.45) is 17.8 Å². The Morgan fingerprint density at radius 2 is 1.77 bits per heavy atom. The highest BCUT2D eigenvalue weighted by Crippen LogP contribution is 2.48. The number of hydrogen-bond acceptors (Lipinski definition) is 2. The second-order valence-corrected chi connectivity index (χ2v) is 4.48. The van der Waals surface area contributed by atoms with Crippen LogP contribution in [0.3, 0.4) is 0 Å². The zero-order valence-corrected chi connectivity index (χ0v) is 7.65. The number of carboxylic acid groups (broad SMARTS) is 1. The molecule has 0 saturated heterocycles. The monoisotopic (exact) mass is 184 g/mol. The van der Waals surface area contributed by atoms with Gasteiger partial charge in [0.1, 0.15) is 0 Å². The van der Waals surface area contributed by atoms with Crippen LogP contribution in [0.2, 0.25) is 0 Å². The summed E-state index contributed by atoms with van der Waals surface area (Å²) in [4.78, 5) is 10.6. The Labute approximate surface area is 77.8 Å². The van der Waals surface area contributed by atoms with Gasteiger partial charge in [-0.2, -0.15) is 0 Å². The highest BCUT2D eigenvalue weighted by molar-refractivity contribution is 5.67. The predicted octanol–water partition coefficient (Wildman–Crippen LogP) is 1.26. The first-order chi connectivity index (χ1) is 6.16. The van der Waals surface area contributed by atoms with Gasteiger partial charge in [-0.3, -0.25) is 4.79 Å². The Morgan fingerprint density at radius 1 is 1.23 bits per heavy atom. The smallest absolute Gasteiger partial charge is 0.303 e. The minimum atomic E-state index is -0.682. The van der Waals surface area contributed by atoms with Gasteiger partial charge in [-0.05, 0) is 43.4 Å². The molecular weight excluding hydrogens is 168 g/mol. The van der Waals surface area contributed by atoms with Crippen molar-refractivity contribution in [1.82, 2.24) is 0 Å². The first kappa shape index (κ1) is 9.00. The molecule has 0 aromatic heterocycles. The third kappa shape index (κ3) is 1.70. The number of aliphatic hydroxyl groups is 1. The first-order valence-corrected chi connectivity index (χ1v) is 5.06. The topological polar surface area (TPSA) is 57.5 Å². The molecule has 2 fully saturated rings. The van der Waals surface area contributed by atoms with E-state index in [0.29, 0.717) is 24.2 Å². The molecule has 0 aromatic carbocycles. The van der Waals surface area contributed by atoms with Gasteiger partial charge in [0.25, 0.3) is 0 Å². The van der Waals surface area contributed by atoms with E-state index >= 15 is 0 Å². The minimum absolute atomic E-state index is 0.164. The third-order valence-electron chi connectivity index (χ3n) is 3.68. The third-order valence-corrected chi connectivity index (χ3v) is 3.68. The van der Waals surface area contributed by atoms with Crippen LogP contribution in [-0.2, 0) is 4.79 Å². The van der Waals surface area contributed by atoms with Gasteiger partial charge in [0.05, 0.1) is 6.10 Å². The number of aliphatic hydroxyl groups excluding tert-OH is 1. The maximum absolute atomic E-state index is 10.6. The summed E-state index contributed by atoms with van der Waals surface area (Å²) in [6.07, 6.45) is 4.05. The van der Waals surface area contributed by atoms with E-state index in [1.54, 1.807) is 0 Å². The summed E-state index contributed by atoms with van der Waals surface area (Å²) in [7, 11) is 0. The number of fused-ring (bicyclic) bond motifs is 2. The SMILES string of the molecule is O=C(O)CC1C2CCC1CC(O)C2. The van der Waals surface area contributed by atoms with Gasteiger partial charge in [-0.15, -0.1) is 0 Å². The van der Waals surface area contributed by atoms with E-state index in [2.05, 4.69) is 0 Å². The van der Waals surface area contributed by atoms with Crippen LogP contribution >= 0.6 is 0 Å². The summed E-state index contributed by atoms with van der Waals surface area (Å²) in [5.41, 5.74) is 0. The van der Waals surface area contributed by atoms with Crippen LogP contribution < -0.4 is 0 Å². The molecule has 2 saturated carbocycles. The van der Waals surface area contributed by atoms with Crippen LogP contribution in [0.1, 0.15) is 32.1 Å². The summed E-state index contributed by atoms with van der Waals surface area (Å²) in [6.45, 7) is 0. The van der Waals surface area contributed by atoms with Crippen molar-refractivity contribution in [3.05, 3.63) is 0 Å². The Bertz CT molecular complexity index is 200. The Hall–Kier alpha value is -0.570. The molecule has 2 atom stereocenters. The lowest BCUT2D eigenvalue weighted by atomic mass is 9.75. The number of hydrogen-bond donors (Lipinski definition) is 2. The van der Waals surface area contributed by atoms with E-state index in [1.807, 2.05) is 0 Å². The molecule has 0 heterocycles. The molecule has 2 aliphatic carbocycles. The second kappa shape index (κ2) is 3.29. The molecule has 0 radical (unpaired) electrons. The maximum atomic E-state index is 10.6. The standard InChI is InChI=1S/C10H16O3/c11-8-3-6-1-2-7(4-8)9(6)5-10(12)13/h6-9,11H,1-5H2,(H,12,13). The van der Waals surface area contributed by atoms with Gasteiger partial charge < -0.3 is 10.2 Å². The molecule has 13 heavy (non-hydrogen) atoms. The molecule has 74 valence electrons. The van der Waals surface area contributed by atoms with Crippen LogP contribution in [0, 0.1) is 17.8 Å². The number of carboxylic acids is 1. The van der Waals surface area contributed by atoms with Crippen LogP contribution in [0.5, 0.6) is 0 Å². The zero-order valence-electron chi connectivity index (χ0n) is 7.65. The average Bonchev–Trinajstić information content (AvgIpc) is 2.32. The summed E-state index contributed by atoms with van der Waals surface area (Å²) in [5, 5.41) is 18.2. The quantitative estimate of drug-likeness (QED) is 0.679. The Kier molecular flexibility index (Phi) is 2.28. The summed E-state index contributed by atoms with van der Waals surface area (Å²) >= 11 is 0. The molecule has 0 amide bonds. The number of aliphatic carboxylic acids is 1. The molecule has 0 aromatic rings. The number of rotatable bonds is 2. The van der Waals surface area contributed by atoms with Crippen molar-refractivity contribution < 1.29 is 15.0 Å². The van der Waals surface area contributed by atoms with Crippen LogP contribution in [0.4, 0.5) is 0 Å². The molecular formula is C10H16O3. The van der Waals surface area contributed by atoms with Crippen molar-refractivity contribution >= 4 is 5.97 Å². The number of carbonyl (C=O) groups is 1. The summed E-state index contributed by atoms with van der Waals surface area (Å²) < 4.78 is 0. The fourth-order valence-corrected chi connectivity index (χ4v) is 3.16. The van der Waals surface area contributed by atoms with E-state index in [1.165, 1.54) is 0 Å². The van der Waals surface area contributed by atoms with Gasteiger partial charge >= 0.3 is 5.97 Å². The van der Waals surface area contributed by atoms with Gasteiger partial charge in [0.15, 0.2) is 0 Å². The summed E-state index contributed by atoms with van der Waals surface area (Å²) in [6, 6.07) is 0. The van der Waals surface area contributed by atoms with Crippen molar-refractivity contribution in [1.29, 1.82) is 0 Å². The van der Waals surface area contributed by atoms with E-state index in [9.17, 15) is 9.90 Å². The maximum Gasteiger partial charge on any atom is 0.303 e. The molecule has 0 aliphatic heterocycles. The van der Waals surface area contributed by atoms with Gasteiger partial charge in [0, 0.05) is 6.42 Å². The average molecular weight is 184 g/mol. The van der Waals surface area contributed by atoms with E-state index in [0.717, 1.165) is 25.7 Å². The first-order valence-electron chi connectivity index (χ1n) is 5.06. The van der Waals surface area contributed by atoms with Gasteiger partial charge in [-0.25, -0.2) is 0 Å². The van der Waals surface area contributed by atoms with Crippen molar-refractivity contribution in [3.8, 4) is 0 Å². The molecule has 2 N–H and O–H groups in total. The van der Waals surface area contributed by atoms with Gasteiger partial charge in [0.2, 0.25) is 0 Å². The van der Waals surface area contributed by atoms with Crippen molar-refractivity contribution in [2.75, 3.05) is 0 Å². The van der Waals surface area contributed by atoms with Crippen LogP contribution in [-0.4, -0.2) is 22.3 Å². The Balaban J connectivity index is 2.02. The van der Waals surface area contributed by atoms with Crippen molar-refractivity contribution in [2.45, 2.75) is 38.2 Å². The molecule has 0 spiro atoms. The molecule has 2 rings (SSSR count). The van der Waals surface area contributed by atoms with E-state index in [-0.39, 0.29) is 6.10 Å². The normalized spacial score (nSPS) is 43.5. The van der Waals surface area contributed by atoms with Crippen LogP contribution in [0.15, 0.2) is 0 Å².